The Balaban J connectivity index is 1.47. The summed E-state index contributed by atoms with van der Waals surface area (Å²) >= 11 is 1.60. The predicted molar refractivity (Wildman–Crippen MR) is 96.0 cm³/mol. The molecule has 1 fully saturated rings. The first-order chi connectivity index (χ1) is 12.1. The number of benzene rings is 1. The van der Waals surface area contributed by atoms with Gasteiger partial charge in [-0.15, -0.1) is 11.3 Å². The number of amides is 1. The average Bonchev–Trinajstić information content (AvgIpc) is 3.29. The summed E-state index contributed by atoms with van der Waals surface area (Å²) in [5.74, 6) is -0.511. The first-order valence-corrected chi connectivity index (χ1v) is 9.13. The normalized spacial score (nSPS) is 13.9. The summed E-state index contributed by atoms with van der Waals surface area (Å²) in [6, 6.07) is 10.8. The van der Waals surface area contributed by atoms with E-state index in [-0.39, 0.29) is 30.7 Å². The number of nitrogens with zero attached hydrogens (tertiary/aromatic N) is 1. The molecule has 0 spiro atoms. The van der Waals surface area contributed by atoms with Gasteiger partial charge in [-0.3, -0.25) is 14.4 Å². The quantitative estimate of drug-likeness (QED) is 0.564. The Morgan fingerprint density at radius 2 is 1.96 bits per heavy atom. The van der Waals surface area contributed by atoms with Crippen LogP contribution in [0.4, 0.5) is 5.69 Å². The molecule has 130 valence electrons. The number of ketones is 1. The maximum absolute atomic E-state index is 12.1. The van der Waals surface area contributed by atoms with Gasteiger partial charge in [-0.1, -0.05) is 6.07 Å². The molecule has 1 aromatic carbocycles. The molecule has 1 aromatic heterocycles. The summed E-state index contributed by atoms with van der Waals surface area (Å²) in [5, 5.41) is 1.96. The van der Waals surface area contributed by atoms with Crippen LogP contribution in [-0.4, -0.2) is 30.8 Å². The average molecular weight is 357 g/mol. The van der Waals surface area contributed by atoms with Crippen LogP contribution in [0.5, 0.6) is 0 Å². The number of anilines is 1. The maximum atomic E-state index is 12.1. The number of thiophene rings is 1. The van der Waals surface area contributed by atoms with Gasteiger partial charge in [-0.25, -0.2) is 0 Å². The van der Waals surface area contributed by atoms with Crippen LogP contribution >= 0.6 is 11.3 Å². The van der Waals surface area contributed by atoms with Crippen LogP contribution in [0, 0.1) is 0 Å². The molecule has 25 heavy (non-hydrogen) atoms. The van der Waals surface area contributed by atoms with E-state index in [9.17, 15) is 14.4 Å². The third-order valence-corrected chi connectivity index (χ3v) is 5.03. The lowest BCUT2D eigenvalue weighted by Crippen LogP contribution is -2.23. The van der Waals surface area contributed by atoms with Crippen molar-refractivity contribution in [3.8, 4) is 0 Å². The standard InChI is InChI=1S/C19H19NO4S/c21-17(13-24-19(23)10-9-16-3-2-12-25-16)14-5-7-15(8-6-14)20-11-1-4-18(20)22/h2-3,5-8,12H,1,4,9-11,13H2. The molecule has 1 amide bonds. The van der Waals surface area contributed by atoms with E-state index in [1.807, 2.05) is 17.5 Å². The number of ether oxygens (including phenoxy) is 1. The van der Waals surface area contributed by atoms with Gasteiger partial charge >= 0.3 is 5.97 Å². The van der Waals surface area contributed by atoms with Crippen LogP contribution in [0.15, 0.2) is 41.8 Å². The van der Waals surface area contributed by atoms with Crippen molar-refractivity contribution in [2.75, 3.05) is 18.1 Å². The van der Waals surface area contributed by atoms with Gasteiger partial charge < -0.3 is 9.64 Å². The molecule has 0 radical (unpaired) electrons. The van der Waals surface area contributed by atoms with Crippen molar-refractivity contribution in [3.63, 3.8) is 0 Å². The van der Waals surface area contributed by atoms with Crippen LogP contribution in [0.25, 0.3) is 0 Å². The van der Waals surface area contributed by atoms with Gasteiger partial charge in [0, 0.05) is 29.1 Å². The molecule has 2 aromatic rings. The Morgan fingerprint density at radius 1 is 1.16 bits per heavy atom. The summed E-state index contributed by atoms with van der Waals surface area (Å²) in [6.45, 7) is 0.458. The molecular weight excluding hydrogens is 338 g/mol. The highest BCUT2D eigenvalue weighted by atomic mass is 32.1. The van der Waals surface area contributed by atoms with Crippen LogP contribution < -0.4 is 4.90 Å². The molecule has 0 unspecified atom stereocenters. The third kappa shape index (κ3) is 4.54. The SMILES string of the molecule is O=C(CCc1cccs1)OCC(=O)c1ccc(N2CCCC2=O)cc1. The Hall–Kier alpha value is -2.47. The first-order valence-electron chi connectivity index (χ1n) is 8.25. The molecule has 0 atom stereocenters. The van der Waals surface area contributed by atoms with Crippen molar-refractivity contribution in [1.29, 1.82) is 0 Å². The zero-order valence-electron chi connectivity index (χ0n) is 13.8. The van der Waals surface area contributed by atoms with E-state index in [4.69, 9.17) is 4.74 Å². The van der Waals surface area contributed by atoms with Gasteiger partial charge in [0.2, 0.25) is 5.91 Å². The largest absolute Gasteiger partial charge is 0.457 e. The van der Waals surface area contributed by atoms with Crippen molar-refractivity contribution in [3.05, 3.63) is 52.2 Å². The Kier molecular flexibility index (Phi) is 5.60. The number of rotatable bonds is 7. The highest BCUT2D eigenvalue weighted by Gasteiger charge is 2.21. The number of hydrogen-bond donors (Lipinski definition) is 0. The van der Waals surface area contributed by atoms with E-state index in [2.05, 4.69) is 0 Å². The van der Waals surface area contributed by atoms with Crippen LogP contribution in [0.2, 0.25) is 0 Å². The Bertz CT molecular complexity index is 752. The first kappa shape index (κ1) is 17.4. The maximum Gasteiger partial charge on any atom is 0.306 e. The minimum absolute atomic E-state index is 0.110. The fraction of sp³-hybridized carbons (Fsp3) is 0.316. The van der Waals surface area contributed by atoms with Gasteiger partial charge in [0.1, 0.15) is 0 Å². The van der Waals surface area contributed by atoms with Gasteiger partial charge in [0.15, 0.2) is 12.4 Å². The van der Waals surface area contributed by atoms with Crippen molar-refractivity contribution in [2.24, 2.45) is 0 Å². The molecule has 5 nitrogen and oxygen atoms in total. The fourth-order valence-corrected chi connectivity index (χ4v) is 3.44. The smallest absolute Gasteiger partial charge is 0.306 e. The predicted octanol–water partition coefficient (Wildman–Crippen LogP) is 3.23. The molecule has 1 aliphatic heterocycles. The molecule has 0 N–H and O–H groups in total. The topological polar surface area (TPSA) is 63.7 Å². The second-order valence-electron chi connectivity index (χ2n) is 5.86. The second kappa shape index (κ2) is 8.07. The second-order valence-corrected chi connectivity index (χ2v) is 6.89. The third-order valence-electron chi connectivity index (χ3n) is 4.09. The molecule has 6 heteroatoms. The molecule has 0 aliphatic carbocycles. The number of carbonyl (C=O) groups excluding carboxylic acids is 3. The number of hydrogen-bond acceptors (Lipinski definition) is 5. The lowest BCUT2D eigenvalue weighted by atomic mass is 10.1. The van der Waals surface area contributed by atoms with Crippen LogP contribution in [0.1, 0.15) is 34.5 Å². The van der Waals surface area contributed by atoms with Gasteiger partial charge in [-0.05, 0) is 48.6 Å². The fourth-order valence-electron chi connectivity index (χ4n) is 2.73. The van der Waals surface area contributed by atoms with Crippen molar-refractivity contribution >= 4 is 34.7 Å². The van der Waals surface area contributed by atoms with E-state index in [1.54, 1.807) is 40.5 Å². The van der Waals surface area contributed by atoms with Crippen molar-refractivity contribution < 1.29 is 19.1 Å². The molecule has 0 saturated carbocycles. The van der Waals surface area contributed by atoms with Gasteiger partial charge in [-0.2, -0.15) is 0 Å². The molecule has 2 heterocycles. The van der Waals surface area contributed by atoms with Gasteiger partial charge in [0.25, 0.3) is 0 Å². The molecule has 3 rings (SSSR count). The minimum Gasteiger partial charge on any atom is -0.457 e. The van der Waals surface area contributed by atoms with Crippen LogP contribution in [-0.2, 0) is 20.7 Å². The molecule has 1 aliphatic rings. The highest BCUT2D eigenvalue weighted by Crippen LogP contribution is 2.21. The van der Waals surface area contributed by atoms with Crippen LogP contribution in [0.3, 0.4) is 0 Å². The summed E-state index contributed by atoms with van der Waals surface area (Å²) < 4.78 is 5.06. The molecular formula is C19H19NO4S. The van der Waals surface area contributed by atoms with Gasteiger partial charge in [0.05, 0.1) is 6.42 Å². The number of Topliss-reactive ketones (excluding diaryl/α,β-unsaturated/α-hetero) is 1. The highest BCUT2D eigenvalue weighted by molar-refractivity contribution is 7.09. The lowest BCUT2D eigenvalue weighted by Gasteiger charge is -2.15. The summed E-state index contributed by atoms with van der Waals surface area (Å²) in [6.07, 6.45) is 2.33. The van der Waals surface area contributed by atoms with E-state index in [0.29, 0.717) is 24.9 Å². The minimum atomic E-state index is -0.374. The number of esters is 1. The van der Waals surface area contributed by atoms with E-state index in [0.717, 1.165) is 17.0 Å². The summed E-state index contributed by atoms with van der Waals surface area (Å²) in [4.78, 5) is 38.4. The summed E-state index contributed by atoms with van der Waals surface area (Å²) in [5.41, 5.74) is 1.27. The zero-order chi connectivity index (χ0) is 17.6. The monoisotopic (exact) mass is 357 g/mol. The molecule has 1 saturated heterocycles. The zero-order valence-corrected chi connectivity index (χ0v) is 14.6. The molecule has 0 bridgehead atoms. The van der Waals surface area contributed by atoms with E-state index >= 15 is 0 Å². The Labute approximate surface area is 150 Å². The summed E-state index contributed by atoms with van der Waals surface area (Å²) in [7, 11) is 0. The van der Waals surface area contributed by atoms with E-state index < -0.39 is 0 Å². The van der Waals surface area contributed by atoms with E-state index in [1.165, 1.54) is 0 Å². The Morgan fingerprint density at radius 3 is 2.60 bits per heavy atom. The number of carbonyl (C=O) groups is 3. The lowest BCUT2D eigenvalue weighted by molar-refractivity contribution is -0.142. The number of aryl methyl sites for hydroxylation is 1. The van der Waals surface area contributed by atoms with Crippen molar-refractivity contribution in [1.82, 2.24) is 0 Å². The van der Waals surface area contributed by atoms with Crippen molar-refractivity contribution in [2.45, 2.75) is 25.7 Å².